The van der Waals surface area contributed by atoms with E-state index in [0.717, 1.165) is 51.6 Å². The molecule has 0 radical (unpaired) electrons. The Labute approximate surface area is 160 Å². The van der Waals surface area contributed by atoms with E-state index in [0.29, 0.717) is 6.42 Å². The van der Waals surface area contributed by atoms with Crippen molar-refractivity contribution in [3.8, 4) is 0 Å². The summed E-state index contributed by atoms with van der Waals surface area (Å²) in [6.07, 6.45) is 6.64. The fourth-order valence-electron chi connectivity index (χ4n) is 5.25. The summed E-state index contributed by atoms with van der Waals surface area (Å²) in [4.78, 5) is 41.6. The van der Waals surface area contributed by atoms with Gasteiger partial charge in [0.25, 0.3) is 5.91 Å². The lowest BCUT2D eigenvalue weighted by molar-refractivity contribution is -0.141. The number of nitrogens with one attached hydrogen (secondary N) is 2. The normalized spacial score (nSPS) is 36.7. The molecule has 4 unspecified atom stereocenters. The Hall–Kier alpha value is -1.34. The van der Waals surface area contributed by atoms with Crippen LogP contribution in [0.5, 0.6) is 0 Å². The van der Waals surface area contributed by atoms with Gasteiger partial charge in [-0.1, -0.05) is 19.8 Å². The molecule has 1 saturated carbocycles. The standard InChI is InChI=1S/C18H28N4O3.ClH/c1-12-4-2-3-8-18(12)16(24)21(17(25)20-18)11-15(23)22-13-5-6-14(22)10-19-9-7-13;/h12-14,19H,2-11H2,1H3,(H,20,25);1H. The molecule has 4 rings (SSSR count). The van der Waals surface area contributed by atoms with Crippen LogP contribution in [-0.4, -0.2) is 64.9 Å². The van der Waals surface area contributed by atoms with E-state index < -0.39 is 11.6 Å². The van der Waals surface area contributed by atoms with Crippen LogP contribution in [0.4, 0.5) is 4.79 Å². The number of halogens is 1. The minimum atomic E-state index is -0.783. The first kappa shape index (κ1) is 19.4. The van der Waals surface area contributed by atoms with E-state index in [1.807, 2.05) is 11.8 Å². The Bertz CT molecular complexity index is 587. The summed E-state index contributed by atoms with van der Waals surface area (Å²) >= 11 is 0. The van der Waals surface area contributed by atoms with E-state index in [4.69, 9.17) is 0 Å². The number of urea groups is 1. The molecule has 2 N–H and O–H groups in total. The highest BCUT2D eigenvalue weighted by atomic mass is 35.5. The largest absolute Gasteiger partial charge is 0.334 e. The van der Waals surface area contributed by atoms with E-state index in [1.54, 1.807) is 0 Å². The molecule has 7 nitrogen and oxygen atoms in total. The highest BCUT2D eigenvalue weighted by Crippen LogP contribution is 2.38. The number of hydrogen-bond acceptors (Lipinski definition) is 4. The third kappa shape index (κ3) is 2.99. The number of nitrogens with zero attached hydrogens (tertiary/aromatic N) is 2. The van der Waals surface area contributed by atoms with Crippen molar-refractivity contribution in [1.82, 2.24) is 20.4 Å². The minimum absolute atomic E-state index is 0. The van der Waals surface area contributed by atoms with E-state index in [-0.39, 0.29) is 48.8 Å². The van der Waals surface area contributed by atoms with Crippen LogP contribution in [0.25, 0.3) is 0 Å². The number of carbonyl (C=O) groups is 3. The zero-order valence-electron chi connectivity index (χ0n) is 15.3. The van der Waals surface area contributed by atoms with Crippen molar-refractivity contribution >= 4 is 30.3 Å². The molecule has 0 aromatic rings. The molecule has 26 heavy (non-hydrogen) atoms. The lowest BCUT2D eigenvalue weighted by Gasteiger charge is -2.37. The van der Waals surface area contributed by atoms with Crippen LogP contribution in [0.1, 0.15) is 51.9 Å². The molecule has 2 bridgehead atoms. The Morgan fingerprint density at radius 3 is 2.69 bits per heavy atom. The van der Waals surface area contributed by atoms with Gasteiger partial charge in [0, 0.05) is 18.6 Å². The smallest absolute Gasteiger partial charge is 0.325 e. The number of fused-ring (bicyclic) bond motifs is 2. The molecule has 3 saturated heterocycles. The van der Waals surface area contributed by atoms with Crippen molar-refractivity contribution in [3.05, 3.63) is 0 Å². The lowest BCUT2D eigenvalue weighted by Crippen LogP contribution is -2.54. The van der Waals surface area contributed by atoms with Crippen LogP contribution in [0.3, 0.4) is 0 Å². The van der Waals surface area contributed by atoms with E-state index >= 15 is 0 Å². The molecule has 4 fully saturated rings. The summed E-state index contributed by atoms with van der Waals surface area (Å²) in [5.74, 6) is -0.157. The molecular formula is C18H29ClN4O3. The summed E-state index contributed by atoms with van der Waals surface area (Å²) in [5, 5.41) is 6.31. The van der Waals surface area contributed by atoms with Gasteiger partial charge in [0.05, 0.1) is 0 Å². The summed E-state index contributed by atoms with van der Waals surface area (Å²) in [7, 11) is 0. The van der Waals surface area contributed by atoms with Gasteiger partial charge < -0.3 is 15.5 Å². The number of amides is 4. The van der Waals surface area contributed by atoms with Crippen LogP contribution < -0.4 is 10.6 Å². The van der Waals surface area contributed by atoms with Gasteiger partial charge >= 0.3 is 6.03 Å². The van der Waals surface area contributed by atoms with Crippen molar-refractivity contribution in [2.75, 3.05) is 19.6 Å². The van der Waals surface area contributed by atoms with Gasteiger partial charge in [-0.25, -0.2) is 4.79 Å². The average molecular weight is 385 g/mol. The van der Waals surface area contributed by atoms with Crippen LogP contribution in [0.15, 0.2) is 0 Å². The fourth-order valence-corrected chi connectivity index (χ4v) is 5.25. The molecule has 0 aromatic heterocycles. The predicted octanol–water partition coefficient (Wildman–Crippen LogP) is 1.26. The van der Waals surface area contributed by atoms with Crippen LogP contribution in [0, 0.1) is 5.92 Å². The molecule has 4 amide bonds. The molecule has 1 aliphatic carbocycles. The van der Waals surface area contributed by atoms with Crippen molar-refractivity contribution in [3.63, 3.8) is 0 Å². The lowest BCUT2D eigenvalue weighted by atomic mass is 9.73. The van der Waals surface area contributed by atoms with Crippen molar-refractivity contribution in [2.24, 2.45) is 5.92 Å². The van der Waals surface area contributed by atoms with Gasteiger partial charge in [0.2, 0.25) is 5.91 Å². The second-order valence-corrected chi connectivity index (χ2v) is 8.12. The van der Waals surface area contributed by atoms with E-state index in [1.165, 1.54) is 4.90 Å². The van der Waals surface area contributed by atoms with E-state index in [2.05, 4.69) is 10.6 Å². The monoisotopic (exact) mass is 384 g/mol. The second-order valence-electron chi connectivity index (χ2n) is 8.12. The number of hydrogen-bond donors (Lipinski definition) is 2. The SMILES string of the molecule is CC1CCCCC12NC(=O)N(CC(=O)N1C3CCNCC1CC3)C2=O.Cl. The Morgan fingerprint density at radius 1 is 1.15 bits per heavy atom. The van der Waals surface area contributed by atoms with Crippen molar-refractivity contribution in [2.45, 2.75) is 69.5 Å². The first-order valence-electron chi connectivity index (χ1n) is 9.69. The Morgan fingerprint density at radius 2 is 1.92 bits per heavy atom. The molecule has 4 aliphatic rings. The molecule has 8 heteroatoms. The maximum atomic E-state index is 13.0. The van der Waals surface area contributed by atoms with Gasteiger partial charge in [0.15, 0.2) is 0 Å². The van der Waals surface area contributed by atoms with Gasteiger partial charge in [-0.15, -0.1) is 12.4 Å². The number of carbonyl (C=O) groups excluding carboxylic acids is 3. The average Bonchev–Trinajstić information content (AvgIpc) is 2.98. The summed E-state index contributed by atoms with van der Waals surface area (Å²) in [6.45, 7) is 3.65. The zero-order chi connectivity index (χ0) is 17.6. The third-order valence-corrected chi connectivity index (χ3v) is 6.74. The first-order chi connectivity index (χ1) is 12.0. The van der Waals surface area contributed by atoms with Crippen LogP contribution in [-0.2, 0) is 9.59 Å². The minimum Gasteiger partial charge on any atom is -0.334 e. The topological polar surface area (TPSA) is 81.8 Å². The zero-order valence-corrected chi connectivity index (χ0v) is 16.1. The van der Waals surface area contributed by atoms with Gasteiger partial charge in [-0.2, -0.15) is 0 Å². The summed E-state index contributed by atoms with van der Waals surface area (Å²) < 4.78 is 0. The summed E-state index contributed by atoms with van der Waals surface area (Å²) in [5.41, 5.74) is -0.783. The number of imide groups is 1. The first-order valence-corrected chi connectivity index (χ1v) is 9.69. The van der Waals surface area contributed by atoms with Crippen molar-refractivity contribution in [1.29, 1.82) is 0 Å². The Balaban J connectivity index is 0.00000196. The molecule has 3 heterocycles. The molecular weight excluding hydrogens is 356 g/mol. The highest BCUT2D eigenvalue weighted by Gasteiger charge is 2.55. The molecule has 3 aliphatic heterocycles. The van der Waals surface area contributed by atoms with Gasteiger partial charge in [-0.3, -0.25) is 14.5 Å². The quantitative estimate of drug-likeness (QED) is 0.702. The maximum absolute atomic E-state index is 13.0. The molecule has 4 atom stereocenters. The molecule has 146 valence electrons. The van der Waals surface area contributed by atoms with E-state index in [9.17, 15) is 14.4 Å². The molecule has 0 aromatic carbocycles. The van der Waals surface area contributed by atoms with Gasteiger partial charge in [0.1, 0.15) is 12.1 Å². The fraction of sp³-hybridized carbons (Fsp3) is 0.833. The van der Waals surface area contributed by atoms with Gasteiger partial charge in [-0.05, 0) is 44.6 Å². The summed E-state index contributed by atoms with van der Waals surface area (Å²) in [6, 6.07) is 0.0477. The number of rotatable bonds is 2. The second kappa shape index (κ2) is 7.35. The predicted molar refractivity (Wildman–Crippen MR) is 99.0 cm³/mol. The Kier molecular flexibility index (Phi) is 5.49. The van der Waals surface area contributed by atoms with Crippen LogP contribution in [0.2, 0.25) is 0 Å². The van der Waals surface area contributed by atoms with Crippen LogP contribution >= 0.6 is 12.4 Å². The third-order valence-electron chi connectivity index (χ3n) is 6.74. The van der Waals surface area contributed by atoms with Crippen molar-refractivity contribution < 1.29 is 14.4 Å². The molecule has 1 spiro atoms. The highest BCUT2D eigenvalue weighted by molar-refractivity contribution is 6.09. The maximum Gasteiger partial charge on any atom is 0.325 e.